The van der Waals surface area contributed by atoms with Crippen molar-refractivity contribution < 1.29 is 24.2 Å². The number of carbonyl (C=O) groups excluding carboxylic acids is 1. The van der Waals surface area contributed by atoms with Crippen molar-refractivity contribution >= 4 is 19.2 Å². The van der Waals surface area contributed by atoms with Crippen LogP contribution in [-0.4, -0.2) is 46.8 Å². The largest absolute Gasteiger partial charge is 0.480 e. The first-order valence-electron chi connectivity index (χ1n) is 6.91. The first kappa shape index (κ1) is 18.4. The number of hydrogen-bond acceptors (Lipinski definition) is 4. The van der Waals surface area contributed by atoms with Gasteiger partial charge in [-0.05, 0) is 12.0 Å². The van der Waals surface area contributed by atoms with E-state index in [-0.39, 0.29) is 19.1 Å². The number of aliphatic carboxylic acids is 1. The van der Waals surface area contributed by atoms with Gasteiger partial charge in [-0.3, -0.25) is 9.36 Å². The lowest BCUT2D eigenvalue weighted by Gasteiger charge is -2.18. The smallest absolute Gasteiger partial charge is 0.326 e. The third kappa shape index (κ3) is 6.85. The van der Waals surface area contributed by atoms with E-state index < -0.39 is 31.4 Å². The van der Waals surface area contributed by atoms with Crippen molar-refractivity contribution in [1.82, 2.24) is 5.32 Å². The molecule has 0 radical (unpaired) electrons. The van der Waals surface area contributed by atoms with Crippen LogP contribution in [0.1, 0.15) is 12.0 Å². The molecule has 0 saturated heterocycles. The molecular formula is C14H21N2O5P. The van der Waals surface area contributed by atoms with Crippen LogP contribution in [0.2, 0.25) is 0 Å². The number of aryl methyl sites for hydroxylation is 1. The second kappa shape index (κ2) is 8.68. The molecule has 0 heterocycles. The van der Waals surface area contributed by atoms with E-state index >= 15 is 0 Å². The van der Waals surface area contributed by atoms with Crippen LogP contribution >= 0.6 is 7.37 Å². The highest BCUT2D eigenvalue weighted by molar-refractivity contribution is 7.58. The molecule has 22 heavy (non-hydrogen) atoms. The van der Waals surface area contributed by atoms with E-state index in [1.165, 1.54) is 0 Å². The topological polar surface area (TPSA) is 130 Å². The van der Waals surface area contributed by atoms with Crippen LogP contribution in [0.25, 0.3) is 0 Å². The van der Waals surface area contributed by atoms with Crippen molar-refractivity contribution in [1.29, 1.82) is 0 Å². The predicted molar refractivity (Wildman–Crippen MR) is 82.9 cm³/mol. The Hall–Kier alpha value is -1.69. The molecule has 1 aromatic carbocycles. The Bertz CT molecular complexity index is 549. The number of benzene rings is 1. The zero-order valence-electron chi connectivity index (χ0n) is 12.1. The Labute approximate surface area is 129 Å². The van der Waals surface area contributed by atoms with Gasteiger partial charge in [0.2, 0.25) is 13.3 Å². The van der Waals surface area contributed by atoms with Gasteiger partial charge in [-0.2, -0.15) is 0 Å². The van der Waals surface area contributed by atoms with E-state index in [0.29, 0.717) is 6.42 Å². The number of hydrogen-bond donors (Lipinski definition) is 4. The Morgan fingerprint density at radius 1 is 1.27 bits per heavy atom. The highest BCUT2D eigenvalue weighted by Crippen LogP contribution is 2.40. The second-order valence-corrected chi connectivity index (χ2v) is 7.49. The van der Waals surface area contributed by atoms with E-state index in [9.17, 15) is 19.0 Å². The molecule has 0 bridgehead atoms. The van der Waals surface area contributed by atoms with Crippen molar-refractivity contribution in [2.45, 2.75) is 18.9 Å². The molecule has 0 aliphatic rings. The average molecular weight is 328 g/mol. The summed E-state index contributed by atoms with van der Waals surface area (Å²) in [6, 6.07) is 7.91. The maximum atomic E-state index is 11.8. The molecule has 122 valence electrons. The van der Waals surface area contributed by atoms with E-state index in [2.05, 4.69) is 5.32 Å². The molecule has 2 atom stereocenters. The maximum absolute atomic E-state index is 11.8. The Balaban J connectivity index is 2.54. The first-order chi connectivity index (χ1) is 10.3. The number of nitrogens with two attached hydrogens (primary N) is 1. The van der Waals surface area contributed by atoms with Gasteiger partial charge >= 0.3 is 5.97 Å². The van der Waals surface area contributed by atoms with Crippen LogP contribution < -0.4 is 11.1 Å². The Morgan fingerprint density at radius 2 is 1.91 bits per heavy atom. The van der Waals surface area contributed by atoms with Crippen LogP contribution in [0, 0.1) is 0 Å². The molecule has 0 saturated carbocycles. The van der Waals surface area contributed by atoms with Gasteiger partial charge in [-0.25, -0.2) is 4.79 Å². The van der Waals surface area contributed by atoms with Gasteiger partial charge in [0.15, 0.2) is 0 Å². The van der Waals surface area contributed by atoms with E-state index in [4.69, 9.17) is 10.8 Å². The quantitative estimate of drug-likeness (QED) is 0.486. The van der Waals surface area contributed by atoms with Gasteiger partial charge in [-0.15, -0.1) is 0 Å². The third-order valence-corrected chi connectivity index (χ3v) is 4.96. The normalized spacial score (nSPS) is 14.8. The first-order valence-corrected chi connectivity index (χ1v) is 8.94. The van der Waals surface area contributed by atoms with Crippen molar-refractivity contribution in [2.75, 3.05) is 18.9 Å². The number of amides is 1. The van der Waals surface area contributed by atoms with Crippen molar-refractivity contribution in [2.24, 2.45) is 5.73 Å². The Kier molecular flexibility index (Phi) is 7.24. The van der Waals surface area contributed by atoms with Gasteiger partial charge in [0.25, 0.3) is 0 Å². The lowest BCUT2D eigenvalue weighted by Crippen LogP contribution is -2.43. The number of carbonyl (C=O) groups is 2. The maximum Gasteiger partial charge on any atom is 0.326 e. The van der Waals surface area contributed by atoms with Gasteiger partial charge in [0, 0.05) is 19.1 Å². The summed E-state index contributed by atoms with van der Waals surface area (Å²) in [4.78, 5) is 32.5. The summed E-state index contributed by atoms with van der Waals surface area (Å²) in [5, 5.41) is 11.4. The Morgan fingerprint density at radius 3 is 2.45 bits per heavy atom. The lowest BCUT2D eigenvalue weighted by atomic mass is 10.1. The van der Waals surface area contributed by atoms with E-state index in [1.807, 2.05) is 30.3 Å². The fourth-order valence-electron chi connectivity index (χ4n) is 1.93. The summed E-state index contributed by atoms with van der Waals surface area (Å²) in [6.45, 7) is -0.0118. The molecule has 0 aliphatic carbocycles. The molecule has 8 heteroatoms. The number of nitrogens with one attached hydrogen (secondary N) is 1. The van der Waals surface area contributed by atoms with Crippen LogP contribution in [0.3, 0.4) is 0 Å². The highest BCUT2D eigenvalue weighted by Gasteiger charge is 2.29. The third-order valence-electron chi connectivity index (χ3n) is 3.06. The lowest BCUT2D eigenvalue weighted by molar-refractivity contribution is -0.141. The van der Waals surface area contributed by atoms with Crippen LogP contribution in [0.15, 0.2) is 30.3 Å². The van der Waals surface area contributed by atoms with Crippen molar-refractivity contribution in [3.63, 3.8) is 0 Å². The zero-order chi connectivity index (χ0) is 16.6. The average Bonchev–Trinajstić information content (AvgIpc) is 2.45. The molecule has 1 rings (SSSR count). The number of carboxylic acids is 1. The summed E-state index contributed by atoms with van der Waals surface area (Å²) in [5.41, 5.74) is 6.17. The molecular weight excluding hydrogens is 307 g/mol. The molecule has 1 aromatic rings. The van der Waals surface area contributed by atoms with Crippen LogP contribution in [0.5, 0.6) is 0 Å². The minimum atomic E-state index is -3.66. The van der Waals surface area contributed by atoms with Gasteiger partial charge in [0.05, 0.1) is 6.16 Å². The molecule has 0 aliphatic heterocycles. The molecule has 0 aromatic heterocycles. The molecule has 0 spiro atoms. The minimum absolute atomic E-state index is 0.0118. The second-order valence-electron chi connectivity index (χ2n) is 4.99. The fourth-order valence-corrected chi connectivity index (χ4v) is 3.34. The van der Waals surface area contributed by atoms with Crippen LogP contribution in [-0.2, 0) is 20.6 Å². The summed E-state index contributed by atoms with van der Waals surface area (Å²) in [7, 11) is -3.66. The highest BCUT2D eigenvalue weighted by atomic mass is 31.2. The zero-order valence-corrected chi connectivity index (χ0v) is 13.0. The monoisotopic (exact) mass is 328 g/mol. The molecule has 1 amide bonds. The fraction of sp³-hybridized carbons (Fsp3) is 0.429. The van der Waals surface area contributed by atoms with Crippen LogP contribution in [0.4, 0.5) is 0 Å². The summed E-state index contributed by atoms with van der Waals surface area (Å²) >= 11 is 0. The van der Waals surface area contributed by atoms with Gasteiger partial charge in [-0.1, -0.05) is 30.3 Å². The van der Waals surface area contributed by atoms with E-state index in [1.54, 1.807) is 0 Å². The molecule has 0 fully saturated rings. The predicted octanol–water partition coefficient (Wildman–Crippen LogP) is 0.418. The van der Waals surface area contributed by atoms with Crippen molar-refractivity contribution in [3.8, 4) is 0 Å². The summed E-state index contributed by atoms with van der Waals surface area (Å²) < 4.78 is 11.8. The summed E-state index contributed by atoms with van der Waals surface area (Å²) in [6.07, 6.45) is -0.105. The standard InChI is InChI=1S/C14H21N2O5P/c15-8-9-22(20,21)10-12(14(18)19)16-13(17)7-6-11-4-2-1-3-5-11/h1-5,12H,6-10,15H2,(H,16,17)(H,18,19)(H,20,21). The molecule has 2 unspecified atom stereocenters. The molecule has 5 N–H and O–H groups in total. The van der Waals surface area contributed by atoms with Gasteiger partial charge in [0.1, 0.15) is 6.04 Å². The number of carboxylic acid groups (broad SMARTS) is 1. The minimum Gasteiger partial charge on any atom is -0.480 e. The van der Waals surface area contributed by atoms with Gasteiger partial charge < -0.3 is 21.1 Å². The molecule has 7 nitrogen and oxygen atoms in total. The van der Waals surface area contributed by atoms with E-state index in [0.717, 1.165) is 5.56 Å². The number of rotatable bonds is 9. The summed E-state index contributed by atoms with van der Waals surface area (Å²) in [5.74, 6) is -1.80. The van der Waals surface area contributed by atoms with Crippen molar-refractivity contribution in [3.05, 3.63) is 35.9 Å². The SMILES string of the molecule is NCCP(=O)(O)CC(NC(=O)CCc1ccccc1)C(=O)O.